The number of anilines is 5. The molecular formula is C23H24N6. The Morgan fingerprint density at radius 2 is 1.69 bits per heavy atom. The zero-order valence-electron chi connectivity index (χ0n) is 16.5. The van der Waals surface area contributed by atoms with Gasteiger partial charge in [0.25, 0.3) is 0 Å². The van der Waals surface area contributed by atoms with Gasteiger partial charge >= 0.3 is 0 Å². The zero-order valence-corrected chi connectivity index (χ0v) is 16.5. The number of piperidine rings is 1. The van der Waals surface area contributed by atoms with Crippen LogP contribution in [0.5, 0.6) is 0 Å². The van der Waals surface area contributed by atoms with Crippen LogP contribution in [0.3, 0.4) is 0 Å². The van der Waals surface area contributed by atoms with E-state index in [0.717, 1.165) is 30.2 Å². The monoisotopic (exact) mass is 384 g/mol. The molecule has 0 amide bonds. The van der Waals surface area contributed by atoms with E-state index >= 15 is 0 Å². The summed E-state index contributed by atoms with van der Waals surface area (Å²) in [5.74, 6) is 1.22. The minimum Gasteiger partial charge on any atom is -0.372 e. The molecule has 0 atom stereocenters. The maximum Gasteiger partial charge on any atom is 0.229 e. The van der Waals surface area contributed by atoms with E-state index < -0.39 is 0 Å². The lowest BCUT2D eigenvalue weighted by molar-refractivity contribution is 0.578. The lowest BCUT2D eigenvalue weighted by atomic mass is 10.1. The summed E-state index contributed by atoms with van der Waals surface area (Å²) in [4.78, 5) is 11.5. The third-order valence-corrected chi connectivity index (χ3v) is 4.96. The molecule has 0 aliphatic carbocycles. The molecule has 3 aromatic rings. The molecule has 1 saturated heterocycles. The van der Waals surface area contributed by atoms with Gasteiger partial charge in [0.1, 0.15) is 5.82 Å². The minimum atomic E-state index is 0.537. The third kappa shape index (κ3) is 4.82. The first-order chi connectivity index (χ1) is 14.2. The maximum absolute atomic E-state index is 9.07. The van der Waals surface area contributed by atoms with Crippen molar-refractivity contribution in [1.29, 1.82) is 5.26 Å². The molecule has 2 aromatic carbocycles. The molecule has 1 fully saturated rings. The number of aryl methyl sites for hydroxylation is 1. The fourth-order valence-electron chi connectivity index (χ4n) is 3.54. The largest absolute Gasteiger partial charge is 0.372 e. The zero-order chi connectivity index (χ0) is 20.1. The van der Waals surface area contributed by atoms with Crippen LogP contribution < -0.4 is 15.5 Å². The van der Waals surface area contributed by atoms with E-state index in [4.69, 9.17) is 5.26 Å². The van der Waals surface area contributed by atoms with Gasteiger partial charge < -0.3 is 15.5 Å². The van der Waals surface area contributed by atoms with E-state index in [1.165, 1.54) is 24.9 Å². The second-order valence-electron chi connectivity index (χ2n) is 7.26. The van der Waals surface area contributed by atoms with E-state index in [0.29, 0.717) is 17.3 Å². The molecule has 0 unspecified atom stereocenters. The number of aromatic nitrogens is 2. The molecule has 0 radical (unpaired) electrons. The number of rotatable bonds is 5. The predicted octanol–water partition coefficient (Wildman–Crippen LogP) is 5.13. The highest BCUT2D eigenvalue weighted by Crippen LogP contribution is 2.24. The second kappa shape index (κ2) is 8.61. The molecule has 29 heavy (non-hydrogen) atoms. The first-order valence-corrected chi connectivity index (χ1v) is 9.94. The van der Waals surface area contributed by atoms with Crippen molar-refractivity contribution < 1.29 is 0 Å². The van der Waals surface area contributed by atoms with Crippen molar-refractivity contribution in [2.45, 2.75) is 26.2 Å². The summed E-state index contributed by atoms with van der Waals surface area (Å²) in [7, 11) is 0. The Morgan fingerprint density at radius 1 is 0.897 bits per heavy atom. The van der Waals surface area contributed by atoms with Gasteiger partial charge in [-0.1, -0.05) is 6.07 Å². The van der Waals surface area contributed by atoms with Crippen LogP contribution in [0.1, 0.15) is 30.5 Å². The fraction of sp³-hybridized carbons (Fsp3) is 0.261. The van der Waals surface area contributed by atoms with E-state index in [1.807, 2.05) is 25.1 Å². The van der Waals surface area contributed by atoms with Crippen molar-refractivity contribution in [3.05, 3.63) is 65.9 Å². The van der Waals surface area contributed by atoms with Crippen molar-refractivity contribution in [2.75, 3.05) is 28.6 Å². The van der Waals surface area contributed by atoms with E-state index in [9.17, 15) is 0 Å². The molecular weight excluding hydrogens is 360 g/mol. The van der Waals surface area contributed by atoms with Gasteiger partial charge in [0.15, 0.2) is 0 Å². The second-order valence-corrected chi connectivity index (χ2v) is 7.26. The molecule has 146 valence electrons. The molecule has 0 spiro atoms. The smallest absolute Gasteiger partial charge is 0.229 e. The van der Waals surface area contributed by atoms with Crippen LogP contribution in [0.2, 0.25) is 0 Å². The molecule has 4 rings (SSSR count). The van der Waals surface area contributed by atoms with Crippen molar-refractivity contribution in [3.8, 4) is 6.07 Å². The SMILES string of the molecule is Cc1cc(Nc2cccc(C#N)c2)nc(Nc2ccc(N3CCCCC3)cc2)n1. The van der Waals surface area contributed by atoms with Crippen LogP contribution in [0.15, 0.2) is 54.6 Å². The highest BCUT2D eigenvalue weighted by molar-refractivity contribution is 5.63. The summed E-state index contributed by atoms with van der Waals surface area (Å²) in [5.41, 5.74) is 4.49. The topological polar surface area (TPSA) is 76.9 Å². The van der Waals surface area contributed by atoms with Crippen LogP contribution in [-0.2, 0) is 0 Å². The number of nitrogens with zero attached hydrogens (tertiary/aromatic N) is 4. The number of benzene rings is 2. The number of nitriles is 1. The molecule has 6 heteroatoms. The summed E-state index contributed by atoms with van der Waals surface area (Å²) in [6.45, 7) is 4.20. The Balaban J connectivity index is 1.48. The van der Waals surface area contributed by atoms with Gasteiger partial charge in [0, 0.05) is 41.9 Å². The van der Waals surface area contributed by atoms with Gasteiger partial charge in [0.05, 0.1) is 11.6 Å². The van der Waals surface area contributed by atoms with Crippen LogP contribution in [0, 0.1) is 18.3 Å². The van der Waals surface area contributed by atoms with Crippen LogP contribution in [-0.4, -0.2) is 23.1 Å². The van der Waals surface area contributed by atoms with Crippen molar-refractivity contribution >= 4 is 28.8 Å². The van der Waals surface area contributed by atoms with Crippen molar-refractivity contribution in [1.82, 2.24) is 9.97 Å². The van der Waals surface area contributed by atoms with Gasteiger partial charge in [-0.05, 0) is 68.7 Å². The van der Waals surface area contributed by atoms with Crippen LogP contribution in [0.4, 0.5) is 28.8 Å². The van der Waals surface area contributed by atoms with Crippen LogP contribution in [0.25, 0.3) is 0 Å². The van der Waals surface area contributed by atoms with Gasteiger partial charge in [0.2, 0.25) is 5.95 Å². The van der Waals surface area contributed by atoms with Crippen LogP contribution >= 0.6 is 0 Å². The Morgan fingerprint density at radius 3 is 2.45 bits per heavy atom. The first-order valence-electron chi connectivity index (χ1n) is 9.94. The molecule has 1 aliphatic heterocycles. The molecule has 0 bridgehead atoms. The van der Waals surface area contributed by atoms with Crippen molar-refractivity contribution in [2.24, 2.45) is 0 Å². The summed E-state index contributed by atoms with van der Waals surface area (Å²) in [5, 5.41) is 15.6. The summed E-state index contributed by atoms with van der Waals surface area (Å²) in [6.07, 6.45) is 3.87. The highest BCUT2D eigenvalue weighted by Gasteiger charge is 2.11. The van der Waals surface area contributed by atoms with E-state index in [1.54, 1.807) is 12.1 Å². The third-order valence-electron chi connectivity index (χ3n) is 4.96. The fourth-order valence-corrected chi connectivity index (χ4v) is 3.54. The highest BCUT2D eigenvalue weighted by atomic mass is 15.2. The Bertz CT molecular complexity index is 1020. The summed E-state index contributed by atoms with van der Waals surface area (Å²) >= 11 is 0. The maximum atomic E-state index is 9.07. The minimum absolute atomic E-state index is 0.537. The number of hydrogen-bond donors (Lipinski definition) is 2. The van der Waals surface area contributed by atoms with Crippen molar-refractivity contribution in [3.63, 3.8) is 0 Å². The van der Waals surface area contributed by atoms with Gasteiger partial charge in [-0.3, -0.25) is 0 Å². The first kappa shape index (κ1) is 18.8. The standard InChI is InChI=1S/C23H24N6/c1-17-14-22(26-20-7-5-6-18(15-20)16-24)28-23(25-17)27-19-8-10-21(11-9-19)29-12-3-2-4-13-29/h5-11,14-15H,2-4,12-13H2,1H3,(H2,25,26,27,28). The lowest BCUT2D eigenvalue weighted by Gasteiger charge is -2.28. The number of nitrogens with one attached hydrogen (secondary N) is 2. The Labute approximate surface area is 171 Å². The van der Waals surface area contributed by atoms with Gasteiger partial charge in [-0.15, -0.1) is 0 Å². The van der Waals surface area contributed by atoms with E-state index in [2.05, 4.69) is 55.8 Å². The molecule has 1 aromatic heterocycles. The molecule has 6 nitrogen and oxygen atoms in total. The summed E-state index contributed by atoms with van der Waals surface area (Å²) < 4.78 is 0. The van der Waals surface area contributed by atoms with E-state index in [-0.39, 0.29) is 0 Å². The predicted molar refractivity (Wildman–Crippen MR) is 117 cm³/mol. The molecule has 2 N–H and O–H groups in total. The Hall–Kier alpha value is -3.59. The lowest BCUT2D eigenvalue weighted by Crippen LogP contribution is -2.29. The van der Waals surface area contributed by atoms with Gasteiger partial charge in [-0.25, -0.2) is 4.98 Å². The normalized spacial score (nSPS) is 13.6. The molecule has 1 aliphatic rings. The molecule has 0 saturated carbocycles. The quantitative estimate of drug-likeness (QED) is 0.635. The molecule has 2 heterocycles. The average molecular weight is 384 g/mol. The van der Waals surface area contributed by atoms with Gasteiger partial charge in [-0.2, -0.15) is 10.2 Å². The Kier molecular flexibility index (Phi) is 5.57. The number of hydrogen-bond acceptors (Lipinski definition) is 6. The average Bonchev–Trinajstić information content (AvgIpc) is 2.75. The summed E-state index contributed by atoms with van der Waals surface area (Å²) in [6, 6.07) is 19.8.